The highest BCUT2D eigenvalue weighted by Gasteiger charge is 2.40. The number of halogens is 1. The molecule has 14 heteroatoms. The molecule has 0 aliphatic carbocycles. The van der Waals surface area contributed by atoms with Crippen molar-refractivity contribution in [3.05, 3.63) is 40.3 Å². The van der Waals surface area contributed by atoms with E-state index >= 15 is 0 Å². The number of imide groups is 1. The number of carbonyl (C=O) groups is 4. The first kappa shape index (κ1) is 26.3. The third-order valence-corrected chi connectivity index (χ3v) is 7.92. The molecule has 0 spiro atoms. The highest BCUT2D eigenvalue weighted by molar-refractivity contribution is 7.18. The molecule has 1 atom stereocenters. The third kappa shape index (κ3) is 4.71. The van der Waals surface area contributed by atoms with E-state index in [2.05, 4.69) is 25.9 Å². The van der Waals surface area contributed by atoms with E-state index in [4.69, 9.17) is 9.47 Å². The zero-order valence-corrected chi connectivity index (χ0v) is 22.3. The average Bonchev–Trinajstić information content (AvgIpc) is 3.47. The molecule has 2 aromatic heterocycles. The predicted octanol–water partition coefficient (Wildman–Crippen LogP) is 2.67. The summed E-state index contributed by atoms with van der Waals surface area (Å²) in [7, 11) is 2.81. The van der Waals surface area contributed by atoms with E-state index in [9.17, 15) is 23.6 Å². The minimum Gasteiger partial charge on any atom is -0.494 e. The van der Waals surface area contributed by atoms with Gasteiger partial charge in [0.1, 0.15) is 28.1 Å². The number of pyridine rings is 1. The summed E-state index contributed by atoms with van der Waals surface area (Å²) in [5.74, 6) is -1.25. The van der Waals surface area contributed by atoms with Crippen molar-refractivity contribution in [1.29, 1.82) is 0 Å². The SMILES string of the molecule is COc1cc(OC)c2nc(C(C)(C)NC(=O)Nc3ccc4c(n3)CN(C3CCC(=O)NC3=O)C4=O)sc2c1F. The summed E-state index contributed by atoms with van der Waals surface area (Å²) in [5.41, 5.74) is 0.0428. The Morgan fingerprint density at radius 3 is 2.62 bits per heavy atom. The molecule has 2 aliphatic heterocycles. The van der Waals surface area contributed by atoms with E-state index in [-0.39, 0.29) is 47.5 Å². The van der Waals surface area contributed by atoms with Crippen LogP contribution in [0, 0.1) is 5.82 Å². The van der Waals surface area contributed by atoms with E-state index in [1.807, 2.05) is 0 Å². The summed E-state index contributed by atoms with van der Waals surface area (Å²) in [6.45, 7) is 3.52. The molecule has 3 N–H and O–H groups in total. The highest BCUT2D eigenvalue weighted by Crippen LogP contribution is 2.40. The molecule has 3 aromatic rings. The fraction of sp³-hybridized carbons (Fsp3) is 0.360. The van der Waals surface area contributed by atoms with Crippen LogP contribution in [0.4, 0.5) is 15.0 Å². The van der Waals surface area contributed by atoms with Crippen molar-refractivity contribution in [3.63, 3.8) is 0 Å². The number of fused-ring (bicyclic) bond motifs is 2. The number of benzene rings is 1. The number of urea groups is 1. The number of nitrogens with one attached hydrogen (secondary N) is 3. The number of thiazole rings is 1. The van der Waals surface area contributed by atoms with Crippen molar-refractivity contribution in [2.45, 2.75) is 44.8 Å². The minimum atomic E-state index is -1.01. The van der Waals surface area contributed by atoms with Crippen molar-refractivity contribution < 1.29 is 33.0 Å². The Morgan fingerprint density at radius 1 is 1.18 bits per heavy atom. The van der Waals surface area contributed by atoms with Crippen LogP contribution >= 0.6 is 11.3 Å². The van der Waals surface area contributed by atoms with Gasteiger partial charge in [0.25, 0.3) is 5.91 Å². The van der Waals surface area contributed by atoms with Gasteiger partial charge in [-0.05, 0) is 32.4 Å². The number of ether oxygens (including phenoxy) is 2. The summed E-state index contributed by atoms with van der Waals surface area (Å²) in [4.78, 5) is 59.7. The Bertz CT molecular complexity index is 1540. The molecule has 39 heavy (non-hydrogen) atoms. The lowest BCUT2D eigenvalue weighted by Gasteiger charge is -2.29. The largest absolute Gasteiger partial charge is 0.494 e. The summed E-state index contributed by atoms with van der Waals surface area (Å²) in [5, 5.41) is 8.16. The lowest BCUT2D eigenvalue weighted by atomic mass is 10.0. The number of methoxy groups -OCH3 is 2. The number of rotatable bonds is 6. The average molecular weight is 557 g/mol. The smallest absolute Gasteiger partial charge is 0.321 e. The molecule has 1 unspecified atom stereocenters. The topological polar surface area (TPSA) is 152 Å². The van der Waals surface area contributed by atoms with E-state index in [1.54, 1.807) is 13.8 Å². The molecular formula is C25H25FN6O6S. The van der Waals surface area contributed by atoms with Crippen LogP contribution in [0.5, 0.6) is 11.5 Å². The van der Waals surface area contributed by atoms with Gasteiger partial charge in [-0.25, -0.2) is 19.2 Å². The van der Waals surface area contributed by atoms with Gasteiger partial charge in [-0.2, -0.15) is 0 Å². The first-order chi connectivity index (χ1) is 18.5. The maximum atomic E-state index is 14.9. The van der Waals surface area contributed by atoms with Crippen LogP contribution in [0.1, 0.15) is 47.7 Å². The number of hydrogen-bond acceptors (Lipinski definition) is 9. The van der Waals surface area contributed by atoms with E-state index in [0.29, 0.717) is 27.5 Å². The monoisotopic (exact) mass is 556 g/mol. The van der Waals surface area contributed by atoms with Crippen molar-refractivity contribution >= 4 is 51.1 Å². The van der Waals surface area contributed by atoms with Crippen LogP contribution in [0.3, 0.4) is 0 Å². The quantitative estimate of drug-likeness (QED) is 0.392. The van der Waals surface area contributed by atoms with Gasteiger partial charge in [-0.3, -0.25) is 25.0 Å². The van der Waals surface area contributed by atoms with E-state index in [0.717, 1.165) is 11.3 Å². The molecule has 0 saturated carbocycles. The Hall–Kier alpha value is -4.33. The first-order valence-electron chi connectivity index (χ1n) is 12.0. The number of hydrogen-bond donors (Lipinski definition) is 3. The van der Waals surface area contributed by atoms with Crippen molar-refractivity contribution in [3.8, 4) is 11.5 Å². The van der Waals surface area contributed by atoms with Crippen molar-refractivity contribution in [1.82, 2.24) is 25.5 Å². The number of nitrogens with zero attached hydrogens (tertiary/aromatic N) is 3. The molecular weight excluding hydrogens is 531 g/mol. The molecule has 1 saturated heterocycles. The second-order valence-electron chi connectivity index (χ2n) is 9.59. The maximum absolute atomic E-state index is 14.9. The molecule has 4 heterocycles. The van der Waals surface area contributed by atoms with Crippen LogP contribution in [0.15, 0.2) is 18.2 Å². The van der Waals surface area contributed by atoms with Crippen LogP contribution in [-0.4, -0.2) is 58.9 Å². The molecule has 2 aliphatic rings. The number of piperidine rings is 1. The van der Waals surface area contributed by atoms with E-state index in [1.165, 1.54) is 37.3 Å². The first-order valence-corrected chi connectivity index (χ1v) is 12.8. The standard InChI is InChI=1S/C25H25FN6O6S/c1-25(2,23-30-19-15(38-4)9-14(37-3)18(26)20(19)39-23)31-24(36)28-16-7-5-11-12(27-16)10-32(22(11)35)13-6-8-17(33)29-21(13)34/h5,7,9,13H,6,8,10H2,1-4H3,(H,29,33,34)(H2,27,28,31,36). The zero-order valence-electron chi connectivity index (χ0n) is 21.5. The lowest BCUT2D eigenvalue weighted by Crippen LogP contribution is -2.52. The minimum absolute atomic E-state index is 0.0235. The van der Waals surface area contributed by atoms with Gasteiger partial charge in [-0.1, -0.05) is 0 Å². The number of anilines is 1. The van der Waals surface area contributed by atoms with Crippen LogP contribution in [0.25, 0.3) is 10.2 Å². The number of amides is 5. The Labute approximate surface area is 225 Å². The second kappa shape index (κ2) is 9.76. The summed E-state index contributed by atoms with van der Waals surface area (Å²) >= 11 is 1.07. The molecule has 12 nitrogen and oxygen atoms in total. The third-order valence-electron chi connectivity index (χ3n) is 6.55. The molecule has 5 amide bonds. The predicted molar refractivity (Wildman–Crippen MR) is 138 cm³/mol. The Kier molecular flexibility index (Phi) is 6.58. The zero-order chi connectivity index (χ0) is 28.1. The van der Waals surface area contributed by atoms with Gasteiger partial charge in [-0.15, -0.1) is 11.3 Å². The summed E-state index contributed by atoms with van der Waals surface area (Å²) in [6.07, 6.45) is 0.385. The molecule has 0 radical (unpaired) electrons. The van der Waals surface area contributed by atoms with Gasteiger partial charge in [0.05, 0.1) is 42.3 Å². The van der Waals surface area contributed by atoms with Crippen molar-refractivity contribution in [2.24, 2.45) is 0 Å². The highest BCUT2D eigenvalue weighted by atomic mass is 32.1. The van der Waals surface area contributed by atoms with Gasteiger partial charge >= 0.3 is 6.03 Å². The van der Waals surface area contributed by atoms with Gasteiger partial charge in [0, 0.05) is 12.5 Å². The summed E-state index contributed by atoms with van der Waals surface area (Å²) in [6, 6.07) is 3.08. The normalized spacial score (nSPS) is 17.2. The Morgan fingerprint density at radius 2 is 1.92 bits per heavy atom. The molecule has 0 bridgehead atoms. The van der Waals surface area contributed by atoms with Crippen LogP contribution in [-0.2, 0) is 21.7 Å². The summed E-state index contributed by atoms with van der Waals surface area (Å²) < 4.78 is 25.5. The van der Waals surface area contributed by atoms with Gasteiger partial charge in [0.2, 0.25) is 11.8 Å². The van der Waals surface area contributed by atoms with Gasteiger partial charge in [0.15, 0.2) is 11.6 Å². The fourth-order valence-electron chi connectivity index (χ4n) is 4.56. The number of carbonyl (C=O) groups excluding carboxylic acids is 4. The van der Waals surface area contributed by atoms with Crippen LogP contribution < -0.4 is 25.4 Å². The molecule has 5 rings (SSSR count). The van der Waals surface area contributed by atoms with Crippen LogP contribution in [0.2, 0.25) is 0 Å². The van der Waals surface area contributed by atoms with Gasteiger partial charge < -0.3 is 19.7 Å². The number of aromatic nitrogens is 2. The molecule has 1 aromatic carbocycles. The molecule has 204 valence electrons. The fourth-order valence-corrected chi connectivity index (χ4v) is 5.63. The molecule has 1 fully saturated rings. The second-order valence-corrected chi connectivity index (χ2v) is 10.6. The maximum Gasteiger partial charge on any atom is 0.321 e. The Balaban J connectivity index is 1.31. The van der Waals surface area contributed by atoms with E-state index < -0.39 is 29.3 Å². The van der Waals surface area contributed by atoms with Crippen molar-refractivity contribution in [2.75, 3.05) is 19.5 Å². The lowest BCUT2D eigenvalue weighted by molar-refractivity contribution is -0.136.